The van der Waals surface area contributed by atoms with E-state index < -0.39 is 11.5 Å². The number of amidine groups is 1. The van der Waals surface area contributed by atoms with E-state index in [0.717, 1.165) is 10.2 Å². The van der Waals surface area contributed by atoms with E-state index >= 15 is 0 Å². The Kier molecular flexibility index (Phi) is 3.79. The Morgan fingerprint density at radius 1 is 0.857 bits per heavy atom. The number of benzene rings is 3. The van der Waals surface area contributed by atoms with Crippen LogP contribution in [0.3, 0.4) is 0 Å². The van der Waals surface area contributed by atoms with Crippen LogP contribution < -0.4 is 5.32 Å². The molecule has 2 N–H and O–H groups in total. The van der Waals surface area contributed by atoms with E-state index in [1.807, 2.05) is 54.6 Å². The first-order valence-corrected chi connectivity index (χ1v) is 9.53. The third kappa shape index (κ3) is 2.53. The molecule has 1 heterocycles. The fraction of sp³-hybridized carbons (Fsp3) is 0.0455. The van der Waals surface area contributed by atoms with Gasteiger partial charge in [-0.15, -0.1) is 0 Å². The van der Waals surface area contributed by atoms with Crippen molar-refractivity contribution in [3.63, 3.8) is 0 Å². The average molecular weight is 432 g/mol. The number of hydrogen-bond acceptors (Lipinski definition) is 5. The number of halogens is 1. The SMILES string of the molecule is O=C1c2ccccc2C2=Nc3ccccc3C(Nc3ccc(Br)cc3)=NC12O. The average Bonchev–Trinajstić information content (AvgIpc) is 2.84. The van der Waals surface area contributed by atoms with Crippen molar-refractivity contribution in [2.45, 2.75) is 5.72 Å². The van der Waals surface area contributed by atoms with Crippen molar-refractivity contribution in [2.24, 2.45) is 9.98 Å². The molecule has 0 radical (unpaired) electrons. The van der Waals surface area contributed by atoms with Crippen LogP contribution in [0.25, 0.3) is 0 Å². The first-order valence-electron chi connectivity index (χ1n) is 8.74. The van der Waals surface area contributed by atoms with Crippen LogP contribution in [0.5, 0.6) is 0 Å². The number of Topliss-reactive ketones (excluding diaryl/α,β-unsaturated/α-hetero) is 1. The molecular weight excluding hydrogens is 418 g/mol. The number of nitrogens with zero attached hydrogens (tertiary/aromatic N) is 2. The number of fused-ring (bicyclic) bond motifs is 4. The van der Waals surface area contributed by atoms with Crippen LogP contribution in [0.4, 0.5) is 11.4 Å². The van der Waals surface area contributed by atoms with Crippen molar-refractivity contribution >= 4 is 44.6 Å². The molecule has 2 aliphatic rings. The topological polar surface area (TPSA) is 74.0 Å². The summed E-state index contributed by atoms with van der Waals surface area (Å²) < 4.78 is 0.951. The molecule has 1 aliphatic carbocycles. The first-order chi connectivity index (χ1) is 13.6. The lowest BCUT2D eigenvalue weighted by Crippen LogP contribution is -2.40. The third-order valence-electron chi connectivity index (χ3n) is 4.85. The molecule has 5 rings (SSSR count). The maximum atomic E-state index is 13.0. The van der Waals surface area contributed by atoms with Gasteiger partial charge in [-0.3, -0.25) is 4.79 Å². The summed E-state index contributed by atoms with van der Waals surface area (Å²) in [7, 11) is 0. The van der Waals surface area contributed by atoms with Gasteiger partial charge >= 0.3 is 0 Å². The monoisotopic (exact) mass is 431 g/mol. The van der Waals surface area contributed by atoms with Gasteiger partial charge in [-0.05, 0) is 36.4 Å². The van der Waals surface area contributed by atoms with Crippen LogP contribution in [-0.2, 0) is 0 Å². The smallest absolute Gasteiger partial charge is 0.267 e. The summed E-state index contributed by atoms with van der Waals surface area (Å²) in [6, 6.07) is 22.1. The zero-order valence-electron chi connectivity index (χ0n) is 14.6. The van der Waals surface area contributed by atoms with E-state index in [2.05, 4.69) is 31.2 Å². The number of ketones is 1. The van der Waals surface area contributed by atoms with Crippen molar-refractivity contribution in [1.29, 1.82) is 0 Å². The lowest BCUT2D eigenvalue weighted by molar-refractivity contribution is 0.0646. The molecule has 0 saturated carbocycles. The molecule has 1 unspecified atom stereocenters. The van der Waals surface area contributed by atoms with Gasteiger partial charge in [-0.2, -0.15) is 0 Å². The predicted molar refractivity (Wildman–Crippen MR) is 113 cm³/mol. The molecule has 0 aromatic heterocycles. The molecule has 5 nitrogen and oxygen atoms in total. The van der Waals surface area contributed by atoms with E-state index in [9.17, 15) is 9.90 Å². The quantitative estimate of drug-likeness (QED) is 0.602. The summed E-state index contributed by atoms with van der Waals surface area (Å²) in [6.45, 7) is 0. The zero-order valence-corrected chi connectivity index (χ0v) is 16.1. The van der Waals surface area contributed by atoms with Crippen molar-refractivity contribution in [3.05, 3.63) is 94.0 Å². The largest absolute Gasteiger partial charge is 0.358 e. The molecule has 0 fully saturated rings. The molecule has 28 heavy (non-hydrogen) atoms. The number of rotatable bonds is 1. The highest BCUT2D eigenvalue weighted by Gasteiger charge is 2.51. The Morgan fingerprint density at radius 3 is 2.25 bits per heavy atom. The predicted octanol–water partition coefficient (Wildman–Crippen LogP) is 4.33. The van der Waals surface area contributed by atoms with Crippen LogP contribution in [-0.4, -0.2) is 28.2 Å². The van der Waals surface area contributed by atoms with Gasteiger partial charge in [0.2, 0.25) is 5.78 Å². The van der Waals surface area contributed by atoms with Crippen molar-refractivity contribution in [1.82, 2.24) is 0 Å². The lowest BCUT2D eigenvalue weighted by Gasteiger charge is -2.18. The summed E-state index contributed by atoms with van der Waals surface area (Å²) in [5.41, 5.74) is 1.38. The molecule has 6 heteroatoms. The fourth-order valence-corrected chi connectivity index (χ4v) is 3.76. The van der Waals surface area contributed by atoms with E-state index in [1.54, 1.807) is 18.2 Å². The number of aliphatic hydroxyl groups is 1. The highest BCUT2D eigenvalue weighted by Crippen LogP contribution is 2.37. The molecule has 0 bridgehead atoms. The Morgan fingerprint density at radius 2 is 1.50 bits per heavy atom. The summed E-state index contributed by atoms with van der Waals surface area (Å²) in [5.74, 6) is -0.0786. The second kappa shape index (κ2) is 6.22. The molecule has 136 valence electrons. The molecule has 0 spiro atoms. The summed E-state index contributed by atoms with van der Waals surface area (Å²) in [6.07, 6.45) is 0. The van der Waals surface area contributed by atoms with Gasteiger partial charge < -0.3 is 10.4 Å². The summed E-state index contributed by atoms with van der Waals surface area (Å²) >= 11 is 3.42. The van der Waals surface area contributed by atoms with E-state index in [0.29, 0.717) is 28.2 Å². The second-order valence-corrected chi connectivity index (χ2v) is 7.53. The van der Waals surface area contributed by atoms with Crippen LogP contribution >= 0.6 is 15.9 Å². The Balaban J connectivity index is 1.72. The molecule has 0 saturated heterocycles. The molecular formula is C22H14BrN3O2. The third-order valence-corrected chi connectivity index (χ3v) is 5.37. The van der Waals surface area contributed by atoms with Gasteiger partial charge in [-0.25, -0.2) is 9.98 Å². The van der Waals surface area contributed by atoms with Crippen LogP contribution in [0.1, 0.15) is 21.5 Å². The van der Waals surface area contributed by atoms with Crippen LogP contribution in [0.15, 0.2) is 87.3 Å². The second-order valence-electron chi connectivity index (χ2n) is 6.62. The lowest BCUT2D eigenvalue weighted by atomic mass is 10.1. The van der Waals surface area contributed by atoms with Gasteiger partial charge in [-0.1, -0.05) is 52.3 Å². The summed E-state index contributed by atoms with van der Waals surface area (Å²) in [4.78, 5) is 22.2. The highest BCUT2D eigenvalue weighted by atomic mass is 79.9. The maximum Gasteiger partial charge on any atom is 0.267 e. The highest BCUT2D eigenvalue weighted by molar-refractivity contribution is 9.10. The Hall–Kier alpha value is -3.09. The number of nitrogens with one attached hydrogen (secondary N) is 1. The molecule has 3 aromatic carbocycles. The first kappa shape index (κ1) is 17.0. The van der Waals surface area contributed by atoms with Crippen molar-refractivity contribution < 1.29 is 9.90 Å². The number of carbonyl (C=O) groups is 1. The number of anilines is 1. The molecule has 0 amide bonds. The normalized spacial score (nSPS) is 19.7. The van der Waals surface area contributed by atoms with Crippen LogP contribution in [0, 0.1) is 0 Å². The minimum absolute atomic E-state index is 0.258. The van der Waals surface area contributed by atoms with Crippen LogP contribution in [0.2, 0.25) is 0 Å². The van der Waals surface area contributed by atoms with Gasteiger partial charge in [0.1, 0.15) is 11.5 Å². The van der Waals surface area contributed by atoms with E-state index in [-0.39, 0.29) is 5.71 Å². The fourth-order valence-electron chi connectivity index (χ4n) is 3.49. The Labute approximate surface area is 169 Å². The van der Waals surface area contributed by atoms with Gasteiger partial charge in [0, 0.05) is 26.9 Å². The molecule has 3 aromatic rings. The van der Waals surface area contributed by atoms with Crippen molar-refractivity contribution in [3.8, 4) is 0 Å². The number of carbonyl (C=O) groups excluding carboxylic acids is 1. The standard InChI is InChI=1S/C22H14BrN3O2/c23-13-9-11-14(12-10-13)24-21-17-7-3-4-8-18(17)25-19-15-5-1-2-6-16(15)20(27)22(19,28)26-21/h1-12,28H,(H,24,26). The van der Waals surface area contributed by atoms with Gasteiger partial charge in [0.25, 0.3) is 5.72 Å². The zero-order chi connectivity index (χ0) is 19.3. The van der Waals surface area contributed by atoms with Crippen molar-refractivity contribution in [2.75, 3.05) is 5.32 Å². The number of aliphatic imine (C=N–C) groups is 2. The number of hydrogen-bond donors (Lipinski definition) is 2. The van der Waals surface area contributed by atoms with Gasteiger partial charge in [0.15, 0.2) is 0 Å². The minimum Gasteiger partial charge on any atom is -0.358 e. The molecule has 1 atom stereocenters. The molecule has 1 aliphatic heterocycles. The van der Waals surface area contributed by atoms with E-state index in [4.69, 9.17) is 0 Å². The Bertz CT molecular complexity index is 1180. The number of para-hydroxylation sites is 1. The van der Waals surface area contributed by atoms with Gasteiger partial charge in [0.05, 0.1) is 5.69 Å². The minimum atomic E-state index is -2.06. The summed E-state index contributed by atoms with van der Waals surface area (Å²) in [5, 5.41) is 14.6. The van der Waals surface area contributed by atoms with E-state index in [1.165, 1.54) is 0 Å². The maximum absolute atomic E-state index is 13.0.